The largest absolute Gasteiger partial charge is 0.377 e. The zero-order valence-electron chi connectivity index (χ0n) is 16.6. The average molecular weight is 401 g/mol. The van der Waals surface area contributed by atoms with Crippen LogP contribution in [0.3, 0.4) is 0 Å². The van der Waals surface area contributed by atoms with Crippen LogP contribution in [0.15, 0.2) is 29.7 Å². The Kier molecular flexibility index (Phi) is 5.66. The number of rotatable bonds is 8. The van der Waals surface area contributed by atoms with Crippen LogP contribution in [0.2, 0.25) is 0 Å². The molecular weight excluding hydrogens is 372 g/mol. The fraction of sp³-hybridized carbons (Fsp3) is 0.524. The molecule has 6 nitrogen and oxygen atoms in total. The molecule has 3 aromatic heterocycles. The summed E-state index contributed by atoms with van der Waals surface area (Å²) in [5.74, 6) is 0. The number of aryl methyl sites for hydroxylation is 2. The predicted octanol–water partition coefficient (Wildman–Crippen LogP) is 3.45. The molecule has 0 radical (unpaired) electrons. The number of thiophene rings is 1. The summed E-state index contributed by atoms with van der Waals surface area (Å²) in [6, 6.07) is 2.45. The third-order valence-electron chi connectivity index (χ3n) is 5.46. The molecule has 1 N–H and O–H groups in total. The highest BCUT2D eigenvalue weighted by Gasteiger charge is 2.18. The van der Waals surface area contributed by atoms with Crippen molar-refractivity contribution in [3.63, 3.8) is 0 Å². The SMILES string of the molecule is C=CCn1c2cc(C)sc2c2cnn(CCC(C)NCC3CCCO3)c(=O)c21. The van der Waals surface area contributed by atoms with Gasteiger partial charge in [0.1, 0.15) is 5.52 Å². The summed E-state index contributed by atoms with van der Waals surface area (Å²) < 4.78 is 10.5. The van der Waals surface area contributed by atoms with E-state index < -0.39 is 0 Å². The van der Waals surface area contributed by atoms with Gasteiger partial charge in [-0.1, -0.05) is 6.08 Å². The van der Waals surface area contributed by atoms with Gasteiger partial charge >= 0.3 is 0 Å². The number of aromatic nitrogens is 3. The lowest BCUT2D eigenvalue weighted by Gasteiger charge is -2.17. The zero-order chi connectivity index (χ0) is 19.7. The summed E-state index contributed by atoms with van der Waals surface area (Å²) in [6.07, 6.45) is 7.15. The van der Waals surface area contributed by atoms with Gasteiger partial charge in [-0.05, 0) is 39.2 Å². The van der Waals surface area contributed by atoms with Crippen molar-refractivity contribution in [2.45, 2.75) is 58.3 Å². The number of ether oxygens (including phenoxy) is 1. The minimum Gasteiger partial charge on any atom is -0.377 e. The molecule has 7 heteroatoms. The van der Waals surface area contributed by atoms with Crippen LogP contribution in [-0.2, 0) is 17.8 Å². The summed E-state index contributed by atoms with van der Waals surface area (Å²) in [4.78, 5) is 14.4. The molecule has 3 aromatic rings. The van der Waals surface area contributed by atoms with Crippen LogP contribution in [0.25, 0.3) is 21.1 Å². The van der Waals surface area contributed by atoms with E-state index in [4.69, 9.17) is 4.74 Å². The third kappa shape index (κ3) is 3.66. The molecule has 150 valence electrons. The quantitative estimate of drug-likeness (QED) is 0.588. The van der Waals surface area contributed by atoms with Gasteiger partial charge in [0.15, 0.2) is 0 Å². The van der Waals surface area contributed by atoms with Gasteiger partial charge in [-0.25, -0.2) is 4.68 Å². The first kappa shape index (κ1) is 19.4. The molecule has 0 bridgehead atoms. The summed E-state index contributed by atoms with van der Waals surface area (Å²) in [5.41, 5.74) is 1.81. The molecule has 0 aliphatic carbocycles. The maximum Gasteiger partial charge on any atom is 0.291 e. The van der Waals surface area contributed by atoms with Crippen LogP contribution in [0.4, 0.5) is 0 Å². The monoisotopic (exact) mass is 400 g/mol. The van der Waals surface area contributed by atoms with E-state index in [9.17, 15) is 4.79 Å². The van der Waals surface area contributed by atoms with Crippen molar-refractivity contribution < 1.29 is 4.74 Å². The molecule has 4 heterocycles. The first-order valence-corrected chi connectivity index (χ1v) is 10.8. The molecule has 0 spiro atoms. The molecule has 1 aliphatic rings. The fourth-order valence-electron chi connectivity index (χ4n) is 3.95. The summed E-state index contributed by atoms with van der Waals surface area (Å²) in [7, 11) is 0. The van der Waals surface area contributed by atoms with E-state index in [1.54, 1.807) is 16.0 Å². The Labute approximate surface area is 168 Å². The summed E-state index contributed by atoms with van der Waals surface area (Å²) in [6.45, 7) is 11.1. The normalized spacial score (nSPS) is 18.3. The Balaban J connectivity index is 1.54. The van der Waals surface area contributed by atoms with Gasteiger partial charge < -0.3 is 14.6 Å². The van der Waals surface area contributed by atoms with Gasteiger partial charge in [-0.2, -0.15) is 5.10 Å². The zero-order valence-corrected chi connectivity index (χ0v) is 17.4. The lowest BCUT2D eigenvalue weighted by Crippen LogP contribution is -2.35. The maximum absolute atomic E-state index is 13.2. The van der Waals surface area contributed by atoms with E-state index >= 15 is 0 Å². The second-order valence-corrected chi connectivity index (χ2v) is 8.90. The van der Waals surface area contributed by atoms with E-state index in [0.717, 1.165) is 53.5 Å². The molecule has 0 amide bonds. The summed E-state index contributed by atoms with van der Waals surface area (Å²) >= 11 is 1.71. The third-order valence-corrected chi connectivity index (χ3v) is 6.54. The van der Waals surface area contributed by atoms with Gasteiger partial charge in [0.05, 0.1) is 22.5 Å². The second kappa shape index (κ2) is 8.19. The van der Waals surface area contributed by atoms with E-state index in [2.05, 4.69) is 41.5 Å². The highest BCUT2D eigenvalue weighted by Crippen LogP contribution is 2.33. The van der Waals surface area contributed by atoms with Gasteiger partial charge in [0, 0.05) is 42.5 Å². The first-order chi connectivity index (χ1) is 13.6. The Bertz CT molecular complexity index is 1040. The summed E-state index contributed by atoms with van der Waals surface area (Å²) in [5, 5.41) is 8.93. The van der Waals surface area contributed by atoms with Gasteiger partial charge in [-0.3, -0.25) is 4.79 Å². The number of hydrogen-bond acceptors (Lipinski definition) is 5. The molecule has 1 aliphatic heterocycles. The lowest BCUT2D eigenvalue weighted by molar-refractivity contribution is 0.107. The van der Waals surface area contributed by atoms with Crippen molar-refractivity contribution >= 4 is 32.5 Å². The van der Waals surface area contributed by atoms with Crippen LogP contribution in [-0.4, -0.2) is 39.6 Å². The highest BCUT2D eigenvalue weighted by molar-refractivity contribution is 7.20. The van der Waals surface area contributed by atoms with Gasteiger partial charge in [-0.15, -0.1) is 17.9 Å². The van der Waals surface area contributed by atoms with Crippen LogP contribution < -0.4 is 10.9 Å². The second-order valence-electron chi connectivity index (χ2n) is 7.64. The molecule has 0 saturated carbocycles. The fourth-order valence-corrected chi connectivity index (χ4v) is 4.98. The molecule has 28 heavy (non-hydrogen) atoms. The van der Waals surface area contributed by atoms with E-state index in [0.29, 0.717) is 25.2 Å². The molecule has 0 aromatic carbocycles. The first-order valence-electron chi connectivity index (χ1n) is 10.0. The van der Waals surface area contributed by atoms with Crippen molar-refractivity contribution in [2.75, 3.05) is 13.2 Å². The minimum atomic E-state index is -0.0215. The van der Waals surface area contributed by atoms with Crippen LogP contribution >= 0.6 is 11.3 Å². The lowest BCUT2D eigenvalue weighted by atomic mass is 10.2. The Morgan fingerprint density at radius 2 is 2.39 bits per heavy atom. The number of hydrogen-bond donors (Lipinski definition) is 1. The van der Waals surface area contributed by atoms with Crippen molar-refractivity contribution in [1.29, 1.82) is 0 Å². The topological polar surface area (TPSA) is 61.1 Å². The molecular formula is C21H28N4O2S. The predicted molar refractivity (Wildman–Crippen MR) is 115 cm³/mol. The van der Waals surface area contributed by atoms with E-state index in [-0.39, 0.29) is 5.56 Å². The Morgan fingerprint density at radius 1 is 1.54 bits per heavy atom. The standard InChI is InChI=1S/C21H28N4O2S/c1-4-8-24-18-11-15(3)28-20(18)17-13-23-25(21(26)19(17)24)9-7-14(2)22-12-16-6-5-10-27-16/h4,11,13-14,16,22H,1,5-10,12H2,2-3H3. The van der Waals surface area contributed by atoms with Crippen LogP contribution in [0.1, 0.15) is 31.1 Å². The highest BCUT2D eigenvalue weighted by atomic mass is 32.1. The molecule has 1 saturated heterocycles. The van der Waals surface area contributed by atoms with Crippen LogP contribution in [0, 0.1) is 6.92 Å². The maximum atomic E-state index is 13.2. The van der Waals surface area contributed by atoms with E-state index in [1.165, 1.54) is 4.88 Å². The van der Waals surface area contributed by atoms with E-state index in [1.807, 2.05) is 12.3 Å². The van der Waals surface area contributed by atoms with Crippen molar-refractivity contribution in [3.8, 4) is 0 Å². The number of nitrogens with one attached hydrogen (secondary N) is 1. The molecule has 2 atom stereocenters. The minimum absolute atomic E-state index is 0.0215. The smallest absolute Gasteiger partial charge is 0.291 e. The number of allylic oxidation sites excluding steroid dienone is 1. The van der Waals surface area contributed by atoms with Crippen molar-refractivity contribution in [2.24, 2.45) is 0 Å². The molecule has 4 rings (SSSR count). The molecule has 1 fully saturated rings. The van der Waals surface area contributed by atoms with Crippen LogP contribution in [0.5, 0.6) is 0 Å². The molecule has 2 unspecified atom stereocenters. The van der Waals surface area contributed by atoms with Crippen molar-refractivity contribution in [3.05, 3.63) is 40.1 Å². The number of nitrogens with zero attached hydrogens (tertiary/aromatic N) is 3. The average Bonchev–Trinajstić information content (AvgIpc) is 3.38. The van der Waals surface area contributed by atoms with Gasteiger partial charge in [0.2, 0.25) is 0 Å². The number of fused-ring (bicyclic) bond motifs is 3. The van der Waals surface area contributed by atoms with Crippen molar-refractivity contribution in [1.82, 2.24) is 19.7 Å². The van der Waals surface area contributed by atoms with Gasteiger partial charge in [0.25, 0.3) is 5.56 Å². The Morgan fingerprint density at radius 3 is 3.14 bits per heavy atom. The Hall–Kier alpha value is -1.96.